The molecule has 0 unspecified atom stereocenters. The first-order chi connectivity index (χ1) is 26.5. The van der Waals surface area contributed by atoms with Gasteiger partial charge in [-0.3, -0.25) is 0 Å². The Bertz CT molecular complexity index is 1590. The molecule has 1 aliphatic heterocycles. The van der Waals surface area contributed by atoms with Gasteiger partial charge in [0.1, 0.15) is 36.2 Å². The van der Waals surface area contributed by atoms with Gasteiger partial charge in [0.2, 0.25) is 0 Å². The van der Waals surface area contributed by atoms with Crippen molar-refractivity contribution in [1.29, 1.82) is 0 Å². The Morgan fingerprint density at radius 1 is 0.444 bits per heavy atom. The Morgan fingerprint density at radius 3 is 1.04 bits per heavy atom. The minimum atomic E-state index is 0.415. The molecule has 0 spiro atoms. The lowest BCUT2D eigenvalue weighted by Gasteiger charge is -2.23. The predicted molar refractivity (Wildman–Crippen MR) is 228 cm³/mol. The highest BCUT2D eigenvalue weighted by Crippen LogP contribution is 2.40. The maximum Gasteiger partial charge on any atom is 0.126 e. The van der Waals surface area contributed by atoms with E-state index in [-0.39, 0.29) is 0 Å². The molecule has 10 heteroatoms. The van der Waals surface area contributed by atoms with Crippen LogP contribution in [-0.2, 0) is 44.6 Å². The number of hydrogen-bond acceptors (Lipinski definition) is 8. The van der Waals surface area contributed by atoms with Crippen molar-refractivity contribution in [2.45, 2.75) is 52.4 Å². The van der Waals surface area contributed by atoms with Crippen LogP contribution in [0.2, 0.25) is 0 Å². The average Bonchev–Trinajstić information content (AvgIpc) is 3.15. The van der Waals surface area contributed by atoms with Crippen LogP contribution in [0.4, 0.5) is 0 Å². The summed E-state index contributed by atoms with van der Waals surface area (Å²) in [5.41, 5.74) is 8.97. The second-order valence-corrected chi connectivity index (χ2v) is 16.0. The summed E-state index contributed by atoms with van der Waals surface area (Å²) in [5, 5.41) is 0. The van der Waals surface area contributed by atoms with Crippen LogP contribution in [0.5, 0.6) is 23.0 Å². The summed E-state index contributed by atoms with van der Waals surface area (Å²) in [6.07, 6.45) is 4.43. The first-order valence-corrected chi connectivity index (χ1v) is 21.4. The van der Waals surface area contributed by atoms with Gasteiger partial charge in [-0.05, 0) is 127 Å². The highest BCUT2D eigenvalue weighted by molar-refractivity contribution is 14.1. The van der Waals surface area contributed by atoms with Crippen LogP contribution < -0.4 is 18.9 Å². The van der Waals surface area contributed by atoms with Crippen LogP contribution in [0, 0.1) is 7.14 Å². The standard InChI is InChI=1S/C44H52I2O8/c1-3-11-51-41-31-7-5-8-32(41)24-36-28-40(46)30-38-26-34-10-6-9-33(42(34)52-12-4-2)25-37-29-39(45)27-35(23-31)43(37)53-21-19-49-17-15-47-13-14-48-16-18-50-20-22-54-44(36)38/h5-10,27-30H,3-4,11-26H2,1-2H3. The maximum atomic E-state index is 6.72. The molecule has 0 N–H and O–H groups in total. The minimum absolute atomic E-state index is 0.415. The maximum absolute atomic E-state index is 6.72. The monoisotopic (exact) mass is 962 g/mol. The molecule has 0 saturated heterocycles. The van der Waals surface area contributed by atoms with E-state index in [0.29, 0.717) is 105 Å². The fourth-order valence-electron chi connectivity index (χ4n) is 6.92. The van der Waals surface area contributed by atoms with E-state index in [0.717, 1.165) is 87.5 Å². The van der Waals surface area contributed by atoms with Crippen LogP contribution in [0.15, 0.2) is 60.7 Å². The fourth-order valence-corrected chi connectivity index (χ4v) is 8.42. The van der Waals surface area contributed by atoms with Crippen LogP contribution in [-0.4, -0.2) is 79.3 Å². The van der Waals surface area contributed by atoms with E-state index in [1.165, 1.54) is 0 Å². The Morgan fingerprint density at radius 2 is 0.741 bits per heavy atom. The summed E-state index contributed by atoms with van der Waals surface area (Å²) in [4.78, 5) is 0. The smallest absolute Gasteiger partial charge is 0.126 e. The molecule has 6 rings (SSSR count). The van der Waals surface area contributed by atoms with Crippen molar-refractivity contribution in [3.05, 3.63) is 112 Å². The zero-order valence-corrected chi connectivity index (χ0v) is 35.8. The summed E-state index contributed by atoms with van der Waals surface area (Å²) in [5.74, 6) is 3.64. The second kappa shape index (κ2) is 21.6. The average molecular weight is 963 g/mol. The summed E-state index contributed by atoms with van der Waals surface area (Å²) in [7, 11) is 0. The third-order valence-electron chi connectivity index (χ3n) is 9.26. The van der Waals surface area contributed by atoms with Crippen molar-refractivity contribution in [2.24, 2.45) is 0 Å². The molecule has 0 atom stereocenters. The Hall–Kier alpha value is -2.62. The molecule has 4 aromatic rings. The van der Waals surface area contributed by atoms with Crippen molar-refractivity contribution in [1.82, 2.24) is 0 Å². The molecule has 0 saturated carbocycles. The number of para-hydroxylation sites is 2. The molecule has 290 valence electrons. The fraction of sp³-hybridized carbons (Fsp3) is 0.455. The molecular formula is C44H52I2O8. The van der Waals surface area contributed by atoms with Gasteiger partial charge in [0.15, 0.2) is 0 Å². The van der Waals surface area contributed by atoms with Crippen molar-refractivity contribution < 1.29 is 37.9 Å². The van der Waals surface area contributed by atoms with Gasteiger partial charge < -0.3 is 37.9 Å². The van der Waals surface area contributed by atoms with Gasteiger partial charge in [-0.25, -0.2) is 0 Å². The first-order valence-electron chi connectivity index (χ1n) is 19.2. The minimum Gasteiger partial charge on any atom is -0.493 e. The molecule has 0 aromatic heterocycles. The zero-order chi connectivity index (χ0) is 37.5. The highest BCUT2D eigenvalue weighted by Gasteiger charge is 2.23. The number of fused-ring (bicyclic) bond motifs is 2. The lowest BCUT2D eigenvalue weighted by molar-refractivity contribution is -0.00706. The van der Waals surface area contributed by atoms with Crippen molar-refractivity contribution >= 4 is 45.2 Å². The van der Waals surface area contributed by atoms with Crippen LogP contribution >= 0.6 is 45.2 Å². The predicted octanol–water partition coefficient (Wildman–Crippen LogP) is 8.99. The molecule has 1 heterocycles. The number of ether oxygens (including phenoxy) is 8. The van der Waals surface area contributed by atoms with E-state index in [1.807, 2.05) is 0 Å². The van der Waals surface area contributed by atoms with Gasteiger partial charge in [0.25, 0.3) is 0 Å². The third kappa shape index (κ3) is 11.5. The van der Waals surface area contributed by atoms with E-state index in [2.05, 4.69) is 120 Å². The van der Waals surface area contributed by atoms with Crippen molar-refractivity contribution in [2.75, 3.05) is 79.3 Å². The molecule has 1 aliphatic carbocycles. The van der Waals surface area contributed by atoms with Crippen molar-refractivity contribution in [3.63, 3.8) is 0 Å². The highest BCUT2D eigenvalue weighted by atomic mass is 127. The Kier molecular flexibility index (Phi) is 16.4. The molecule has 0 radical (unpaired) electrons. The molecule has 10 bridgehead atoms. The largest absolute Gasteiger partial charge is 0.493 e. The van der Waals surface area contributed by atoms with Gasteiger partial charge in [0.05, 0.1) is 66.1 Å². The number of hydrogen-bond donors (Lipinski definition) is 0. The third-order valence-corrected chi connectivity index (χ3v) is 10.5. The van der Waals surface area contributed by atoms with Gasteiger partial charge in [0, 0.05) is 32.8 Å². The van der Waals surface area contributed by atoms with E-state index in [4.69, 9.17) is 37.9 Å². The molecule has 8 nitrogen and oxygen atoms in total. The zero-order valence-electron chi connectivity index (χ0n) is 31.5. The molecule has 4 aromatic carbocycles. The topological polar surface area (TPSA) is 73.8 Å². The summed E-state index contributed by atoms with van der Waals surface area (Å²) >= 11 is 4.88. The van der Waals surface area contributed by atoms with E-state index in [1.54, 1.807) is 0 Å². The van der Waals surface area contributed by atoms with Gasteiger partial charge in [-0.2, -0.15) is 0 Å². The van der Waals surface area contributed by atoms with Crippen LogP contribution in [0.1, 0.15) is 71.2 Å². The summed E-state index contributed by atoms with van der Waals surface area (Å²) in [6.45, 7) is 10.2. The quantitative estimate of drug-likeness (QED) is 0.156. The lowest BCUT2D eigenvalue weighted by Crippen LogP contribution is -2.15. The molecule has 0 amide bonds. The molecule has 2 aliphatic rings. The Labute approximate surface area is 347 Å². The first kappa shape index (κ1) is 41.0. The van der Waals surface area contributed by atoms with E-state index >= 15 is 0 Å². The number of rotatable bonds is 6. The Balaban J connectivity index is 1.53. The summed E-state index contributed by atoms with van der Waals surface area (Å²) in [6, 6.07) is 22.0. The van der Waals surface area contributed by atoms with Gasteiger partial charge >= 0.3 is 0 Å². The SMILES string of the molecule is CCCOc1c2cccc1Cc1cc(I)cc3c1OCCOCCOCCOCCOCCOc1c(cc(I)cc1Cc1cccc(c1OCCC)C3)C2. The van der Waals surface area contributed by atoms with Gasteiger partial charge in [-0.15, -0.1) is 0 Å². The normalized spacial score (nSPS) is 16.1. The van der Waals surface area contributed by atoms with E-state index < -0.39 is 0 Å². The number of halogens is 2. The van der Waals surface area contributed by atoms with Crippen LogP contribution in [0.25, 0.3) is 0 Å². The molecule has 0 fully saturated rings. The van der Waals surface area contributed by atoms with E-state index in [9.17, 15) is 0 Å². The second-order valence-electron chi connectivity index (χ2n) is 13.5. The lowest BCUT2D eigenvalue weighted by atomic mass is 9.91. The van der Waals surface area contributed by atoms with Crippen molar-refractivity contribution in [3.8, 4) is 23.0 Å². The molecular weight excluding hydrogens is 910 g/mol. The number of benzene rings is 4. The van der Waals surface area contributed by atoms with Crippen LogP contribution in [0.3, 0.4) is 0 Å². The van der Waals surface area contributed by atoms with Gasteiger partial charge in [-0.1, -0.05) is 50.2 Å². The summed E-state index contributed by atoms with van der Waals surface area (Å²) < 4.78 is 52.4. The molecule has 54 heavy (non-hydrogen) atoms.